The number of nitrogen functional groups attached to an aromatic ring is 1. The van der Waals surface area contributed by atoms with E-state index in [0.29, 0.717) is 23.5 Å². The van der Waals surface area contributed by atoms with Crippen molar-refractivity contribution in [3.8, 4) is 11.3 Å². The molecule has 0 atom stereocenters. The molecule has 0 saturated heterocycles. The summed E-state index contributed by atoms with van der Waals surface area (Å²) in [5.74, 6) is 0.594. The van der Waals surface area contributed by atoms with Gasteiger partial charge in [0, 0.05) is 18.1 Å². The number of benzene rings is 2. The summed E-state index contributed by atoms with van der Waals surface area (Å²) in [7, 11) is 0. The predicted octanol–water partition coefficient (Wildman–Crippen LogP) is 2.87. The molecular weight excluding hydrogens is 332 g/mol. The molecule has 0 bridgehead atoms. The van der Waals surface area contributed by atoms with Crippen molar-refractivity contribution in [3.05, 3.63) is 82.2 Å². The lowest BCUT2D eigenvalue weighted by atomic mass is 10.1. The van der Waals surface area contributed by atoms with E-state index in [-0.39, 0.29) is 11.4 Å². The Morgan fingerprint density at radius 2 is 1.85 bits per heavy atom. The minimum atomic E-state index is -0.494. The first kappa shape index (κ1) is 15.7. The van der Waals surface area contributed by atoms with Crippen LogP contribution in [0.1, 0.15) is 11.4 Å². The molecule has 2 N–H and O–H groups in total. The molecule has 8 nitrogen and oxygen atoms in total. The molecule has 2 aromatic carbocycles. The van der Waals surface area contributed by atoms with E-state index >= 15 is 0 Å². The van der Waals surface area contributed by atoms with E-state index in [1.807, 2.05) is 42.5 Å². The first-order valence-corrected chi connectivity index (χ1v) is 7.91. The summed E-state index contributed by atoms with van der Waals surface area (Å²) >= 11 is 0. The quantitative estimate of drug-likeness (QED) is 0.345. The third-order valence-electron chi connectivity index (χ3n) is 4.05. The third kappa shape index (κ3) is 2.84. The molecule has 8 heteroatoms. The van der Waals surface area contributed by atoms with Crippen molar-refractivity contribution < 1.29 is 4.92 Å². The predicted molar refractivity (Wildman–Crippen MR) is 96.5 cm³/mol. The summed E-state index contributed by atoms with van der Waals surface area (Å²) in [5.41, 5.74) is 8.78. The van der Waals surface area contributed by atoms with E-state index in [1.165, 1.54) is 12.1 Å². The van der Waals surface area contributed by atoms with Crippen molar-refractivity contribution in [2.45, 2.75) is 6.42 Å². The minimum absolute atomic E-state index is 0.116. The Morgan fingerprint density at radius 3 is 2.62 bits per heavy atom. The van der Waals surface area contributed by atoms with Crippen LogP contribution in [0.3, 0.4) is 0 Å². The van der Waals surface area contributed by atoms with Crippen molar-refractivity contribution in [2.24, 2.45) is 0 Å². The highest BCUT2D eigenvalue weighted by molar-refractivity contribution is 5.61. The van der Waals surface area contributed by atoms with Crippen molar-refractivity contribution in [1.82, 2.24) is 19.8 Å². The second-order valence-electron chi connectivity index (χ2n) is 5.80. The number of rotatable bonds is 4. The van der Waals surface area contributed by atoms with Crippen molar-refractivity contribution in [2.75, 3.05) is 5.73 Å². The summed E-state index contributed by atoms with van der Waals surface area (Å²) in [4.78, 5) is 10.6. The smallest absolute Gasteiger partial charge is 0.292 e. The zero-order valence-corrected chi connectivity index (χ0v) is 13.6. The van der Waals surface area contributed by atoms with Gasteiger partial charge in [-0.1, -0.05) is 36.4 Å². The van der Waals surface area contributed by atoms with Crippen LogP contribution in [-0.2, 0) is 6.42 Å². The van der Waals surface area contributed by atoms with Gasteiger partial charge < -0.3 is 5.73 Å². The van der Waals surface area contributed by atoms with Crippen molar-refractivity contribution >= 4 is 17.0 Å². The summed E-state index contributed by atoms with van der Waals surface area (Å²) in [6.07, 6.45) is 0.355. The fourth-order valence-corrected chi connectivity index (χ4v) is 2.75. The molecule has 0 spiro atoms. The summed E-state index contributed by atoms with van der Waals surface area (Å²) in [6.45, 7) is 0. The van der Waals surface area contributed by atoms with Gasteiger partial charge in [-0.2, -0.15) is 9.61 Å². The highest BCUT2D eigenvalue weighted by atomic mass is 16.6. The summed E-state index contributed by atoms with van der Waals surface area (Å²) in [5, 5.41) is 24.0. The first-order valence-electron chi connectivity index (χ1n) is 7.91. The van der Waals surface area contributed by atoms with Gasteiger partial charge in [0.05, 0.1) is 10.6 Å². The lowest BCUT2D eigenvalue weighted by molar-refractivity contribution is -0.383. The first-order chi connectivity index (χ1) is 12.6. The molecule has 0 aliphatic carbocycles. The lowest BCUT2D eigenvalue weighted by Gasteiger charge is -2.04. The van der Waals surface area contributed by atoms with Crippen molar-refractivity contribution in [3.63, 3.8) is 0 Å². The molecule has 4 aromatic rings. The van der Waals surface area contributed by atoms with Crippen molar-refractivity contribution in [1.29, 1.82) is 0 Å². The number of nitro benzene ring substituents is 1. The normalized spacial score (nSPS) is 10.9. The van der Waals surface area contributed by atoms with Gasteiger partial charge in [-0.15, -0.1) is 10.2 Å². The molecule has 4 rings (SSSR count). The molecule has 0 saturated carbocycles. The molecule has 2 heterocycles. The monoisotopic (exact) mass is 346 g/mol. The molecule has 0 amide bonds. The molecule has 2 aromatic heterocycles. The number of fused-ring (bicyclic) bond motifs is 1. The van der Waals surface area contributed by atoms with Gasteiger partial charge in [0.25, 0.3) is 5.69 Å². The van der Waals surface area contributed by atoms with Crippen LogP contribution < -0.4 is 5.73 Å². The number of hydrogen-bond donors (Lipinski definition) is 1. The van der Waals surface area contributed by atoms with E-state index < -0.39 is 4.92 Å². The maximum Gasteiger partial charge on any atom is 0.292 e. The van der Waals surface area contributed by atoms with Crippen LogP contribution in [0.2, 0.25) is 0 Å². The molecule has 0 aliphatic heterocycles. The van der Waals surface area contributed by atoms with Crippen LogP contribution in [0.5, 0.6) is 0 Å². The van der Waals surface area contributed by atoms with E-state index in [9.17, 15) is 10.1 Å². The maximum absolute atomic E-state index is 11.1. The highest BCUT2D eigenvalue weighted by Gasteiger charge is 2.14. The fraction of sp³-hybridized carbons (Fsp3) is 0.0556. The number of anilines is 1. The Kier molecular flexibility index (Phi) is 3.77. The van der Waals surface area contributed by atoms with E-state index in [4.69, 9.17) is 5.73 Å². The second kappa shape index (κ2) is 6.25. The Labute approximate surface area is 148 Å². The minimum Gasteiger partial charge on any atom is -0.393 e. The lowest BCUT2D eigenvalue weighted by Crippen LogP contribution is -2.02. The van der Waals surface area contributed by atoms with E-state index in [2.05, 4.69) is 15.3 Å². The van der Waals surface area contributed by atoms with Crippen LogP contribution in [-0.4, -0.2) is 24.7 Å². The average molecular weight is 346 g/mol. The van der Waals surface area contributed by atoms with Gasteiger partial charge in [-0.05, 0) is 23.8 Å². The number of nitrogens with two attached hydrogens (primary N) is 1. The van der Waals surface area contributed by atoms with Gasteiger partial charge in [-0.25, -0.2) is 0 Å². The number of nitrogens with zero attached hydrogens (tertiary/aromatic N) is 5. The largest absolute Gasteiger partial charge is 0.393 e. The van der Waals surface area contributed by atoms with Crippen LogP contribution in [0.15, 0.2) is 60.7 Å². The number of hydrogen-bond acceptors (Lipinski definition) is 6. The molecule has 128 valence electrons. The van der Waals surface area contributed by atoms with Crippen LogP contribution in [0.4, 0.5) is 11.4 Å². The van der Waals surface area contributed by atoms with Crippen LogP contribution in [0, 0.1) is 10.1 Å². The number of nitro groups is 1. The zero-order valence-electron chi connectivity index (χ0n) is 13.6. The van der Waals surface area contributed by atoms with E-state index in [1.54, 1.807) is 10.6 Å². The SMILES string of the molecule is Nc1ccc(Cc2nnc3ccc(-c4ccccc4)nn23)cc1[N+](=O)[O-]. The number of aromatic nitrogens is 4. The van der Waals surface area contributed by atoms with Gasteiger partial charge in [-0.3, -0.25) is 10.1 Å². The Morgan fingerprint density at radius 1 is 1.04 bits per heavy atom. The summed E-state index contributed by atoms with van der Waals surface area (Å²) < 4.78 is 1.66. The van der Waals surface area contributed by atoms with Gasteiger partial charge >= 0.3 is 0 Å². The molecule has 0 radical (unpaired) electrons. The van der Waals surface area contributed by atoms with Gasteiger partial charge in [0.1, 0.15) is 5.69 Å². The Balaban J connectivity index is 1.73. The fourth-order valence-electron chi connectivity index (χ4n) is 2.75. The average Bonchev–Trinajstić information content (AvgIpc) is 3.06. The molecule has 0 unspecified atom stereocenters. The molecule has 26 heavy (non-hydrogen) atoms. The van der Waals surface area contributed by atoms with Gasteiger partial charge in [0.2, 0.25) is 0 Å². The Hall–Kier alpha value is -3.81. The second-order valence-corrected chi connectivity index (χ2v) is 5.80. The maximum atomic E-state index is 11.1. The molecule has 0 fully saturated rings. The standard InChI is InChI=1S/C18H14N6O2/c19-14-7-6-12(10-16(14)24(25)26)11-18-21-20-17-9-8-15(22-23(17)18)13-4-2-1-3-5-13/h1-10H,11,19H2. The van der Waals surface area contributed by atoms with Gasteiger partial charge in [0.15, 0.2) is 11.5 Å². The molecule has 0 aliphatic rings. The molecular formula is C18H14N6O2. The third-order valence-corrected chi connectivity index (χ3v) is 4.05. The van der Waals surface area contributed by atoms with Crippen LogP contribution >= 0.6 is 0 Å². The van der Waals surface area contributed by atoms with E-state index in [0.717, 1.165) is 11.3 Å². The highest BCUT2D eigenvalue weighted by Crippen LogP contribution is 2.24. The summed E-state index contributed by atoms with van der Waals surface area (Å²) in [6, 6.07) is 18.2. The zero-order chi connectivity index (χ0) is 18.1. The van der Waals surface area contributed by atoms with Crippen LogP contribution in [0.25, 0.3) is 16.9 Å². The Bertz CT molecular complexity index is 1110. The topological polar surface area (TPSA) is 112 Å².